The van der Waals surface area contributed by atoms with Crippen molar-refractivity contribution in [1.82, 2.24) is 20.3 Å². The third-order valence-electron chi connectivity index (χ3n) is 5.55. The lowest BCUT2D eigenvalue weighted by atomic mass is 10.0. The third-order valence-corrected chi connectivity index (χ3v) is 5.55. The smallest absolute Gasteiger partial charge is 0.247 e. The van der Waals surface area contributed by atoms with Gasteiger partial charge >= 0.3 is 0 Å². The molecular formula is C26H24N6O2. The van der Waals surface area contributed by atoms with E-state index in [9.17, 15) is 4.79 Å². The quantitative estimate of drug-likeness (QED) is 0.377. The van der Waals surface area contributed by atoms with E-state index >= 15 is 0 Å². The number of carbonyl (C=O) groups is 1. The molecule has 3 N–H and O–H groups in total. The van der Waals surface area contributed by atoms with Crippen molar-refractivity contribution in [1.29, 1.82) is 0 Å². The molecule has 3 heterocycles. The molecule has 2 aromatic carbocycles. The first-order valence-electron chi connectivity index (χ1n) is 11.0. The number of benzene rings is 2. The van der Waals surface area contributed by atoms with Crippen molar-refractivity contribution < 1.29 is 9.53 Å². The number of carbonyl (C=O) groups excluding carboxylic acids is 1. The lowest BCUT2D eigenvalue weighted by molar-refractivity contribution is -0.111. The maximum absolute atomic E-state index is 11.7. The zero-order valence-electron chi connectivity index (χ0n) is 18.5. The molecule has 170 valence electrons. The number of hydrogen-bond acceptors (Lipinski definition) is 7. The second kappa shape index (κ2) is 9.78. The Morgan fingerprint density at radius 2 is 2.06 bits per heavy atom. The number of amides is 1. The Morgan fingerprint density at radius 3 is 2.91 bits per heavy atom. The summed E-state index contributed by atoms with van der Waals surface area (Å²) < 4.78 is 5.89. The number of ether oxygens (including phenoxy) is 1. The van der Waals surface area contributed by atoms with Gasteiger partial charge in [-0.3, -0.25) is 9.78 Å². The zero-order chi connectivity index (χ0) is 23.3. The van der Waals surface area contributed by atoms with Crippen molar-refractivity contribution in [3.63, 3.8) is 0 Å². The van der Waals surface area contributed by atoms with Crippen LogP contribution in [0, 0.1) is 0 Å². The monoisotopic (exact) mass is 452 g/mol. The summed E-state index contributed by atoms with van der Waals surface area (Å²) in [6.07, 6.45) is 4.67. The number of aromatic nitrogens is 3. The van der Waals surface area contributed by atoms with Crippen LogP contribution in [0.3, 0.4) is 0 Å². The Morgan fingerprint density at radius 1 is 1.15 bits per heavy atom. The fourth-order valence-corrected chi connectivity index (χ4v) is 3.95. The molecule has 1 aliphatic heterocycles. The number of fused-ring (bicyclic) bond motifs is 1. The summed E-state index contributed by atoms with van der Waals surface area (Å²) in [4.78, 5) is 25.6. The van der Waals surface area contributed by atoms with Crippen LogP contribution in [0.15, 0.2) is 79.6 Å². The van der Waals surface area contributed by atoms with E-state index < -0.39 is 0 Å². The molecule has 2 aromatic heterocycles. The van der Waals surface area contributed by atoms with E-state index in [0.717, 1.165) is 40.0 Å². The fourth-order valence-electron chi connectivity index (χ4n) is 3.95. The molecule has 0 spiro atoms. The van der Waals surface area contributed by atoms with Crippen LogP contribution >= 0.6 is 0 Å². The highest BCUT2D eigenvalue weighted by molar-refractivity contribution is 6.00. The predicted octanol–water partition coefficient (Wildman–Crippen LogP) is 4.22. The normalized spacial score (nSPS) is 15.6. The van der Waals surface area contributed by atoms with E-state index in [2.05, 4.69) is 32.5 Å². The highest BCUT2D eigenvalue weighted by Crippen LogP contribution is 2.31. The molecule has 0 aliphatic carbocycles. The first-order valence-corrected chi connectivity index (χ1v) is 11.0. The first kappa shape index (κ1) is 21.7. The van der Waals surface area contributed by atoms with Crippen LogP contribution in [-0.4, -0.2) is 40.6 Å². The van der Waals surface area contributed by atoms with Crippen LogP contribution in [0.5, 0.6) is 0 Å². The molecule has 0 bridgehead atoms. The molecule has 0 saturated carbocycles. The molecule has 1 saturated heterocycles. The van der Waals surface area contributed by atoms with Crippen LogP contribution in [0.2, 0.25) is 0 Å². The third kappa shape index (κ3) is 4.63. The van der Waals surface area contributed by atoms with E-state index in [4.69, 9.17) is 9.72 Å². The van der Waals surface area contributed by atoms with Gasteiger partial charge in [-0.2, -0.15) is 0 Å². The average molecular weight is 453 g/mol. The highest BCUT2D eigenvalue weighted by Gasteiger charge is 2.20. The molecule has 1 aliphatic rings. The molecule has 4 aromatic rings. The van der Waals surface area contributed by atoms with Crippen LogP contribution < -0.4 is 16.0 Å². The minimum Gasteiger partial charge on any atom is -0.369 e. The molecule has 1 fully saturated rings. The summed E-state index contributed by atoms with van der Waals surface area (Å²) >= 11 is 0. The SMILES string of the molecule is C=CC(=O)Nc1cccc(-c2cccc3cnc(Nc4cccnc4C4CNCCO4)nc23)c1. The number of para-hydroxylation sites is 1. The van der Waals surface area contributed by atoms with Crippen molar-refractivity contribution in [3.8, 4) is 11.1 Å². The second-order valence-electron chi connectivity index (χ2n) is 7.84. The van der Waals surface area contributed by atoms with Gasteiger partial charge in [0.05, 0.1) is 23.5 Å². The number of pyridine rings is 1. The Balaban J connectivity index is 1.50. The van der Waals surface area contributed by atoms with Crippen LogP contribution in [-0.2, 0) is 9.53 Å². The molecule has 0 radical (unpaired) electrons. The molecule has 1 amide bonds. The van der Waals surface area contributed by atoms with E-state index in [-0.39, 0.29) is 12.0 Å². The number of rotatable bonds is 6. The van der Waals surface area contributed by atoms with Crippen LogP contribution in [0.1, 0.15) is 11.8 Å². The Kier molecular flexibility index (Phi) is 6.24. The lowest BCUT2D eigenvalue weighted by Gasteiger charge is -2.24. The minimum atomic E-state index is -0.256. The molecule has 1 unspecified atom stereocenters. The van der Waals surface area contributed by atoms with Crippen molar-refractivity contribution in [3.05, 3.63) is 85.3 Å². The van der Waals surface area contributed by atoms with Crippen molar-refractivity contribution >= 4 is 34.1 Å². The zero-order valence-corrected chi connectivity index (χ0v) is 18.5. The summed E-state index contributed by atoms with van der Waals surface area (Å²) in [6.45, 7) is 5.68. The first-order chi connectivity index (χ1) is 16.7. The molecule has 34 heavy (non-hydrogen) atoms. The average Bonchev–Trinajstić information content (AvgIpc) is 2.89. The van der Waals surface area contributed by atoms with E-state index in [1.165, 1.54) is 6.08 Å². The van der Waals surface area contributed by atoms with Gasteiger partial charge in [0, 0.05) is 42.1 Å². The van der Waals surface area contributed by atoms with Gasteiger partial charge in [-0.1, -0.05) is 36.9 Å². The molecule has 5 rings (SSSR count). The van der Waals surface area contributed by atoms with E-state index in [1.807, 2.05) is 54.6 Å². The summed E-state index contributed by atoms with van der Waals surface area (Å²) in [5, 5.41) is 10.4. The number of nitrogens with one attached hydrogen (secondary N) is 3. The Hall–Kier alpha value is -4.14. The second-order valence-corrected chi connectivity index (χ2v) is 7.84. The standard InChI is InChI=1S/C26H24N6O2/c1-2-23(33)30-19-8-3-6-17(14-19)20-9-4-7-18-15-29-26(32-24(18)20)31-21-10-5-11-28-25(21)22-16-27-12-13-34-22/h2-11,14-15,22,27H,1,12-13,16H2,(H,30,33)(H,29,31,32). The highest BCUT2D eigenvalue weighted by atomic mass is 16.5. The Labute approximate surface area is 197 Å². The summed E-state index contributed by atoms with van der Waals surface area (Å²) in [5.74, 6) is 0.211. The van der Waals surface area contributed by atoms with Crippen molar-refractivity contribution in [2.24, 2.45) is 0 Å². The lowest BCUT2D eigenvalue weighted by Crippen LogP contribution is -2.34. The minimum absolute atomic E-state index is 0.137. The summed E-state index contributed by atoms with van der Waals surface area (Å²) in [6, 6.07) is 17.4. The number of nitrogens with zero attached hydrogens (tertiary/aromatic N) is 3. The maximum Gasteiger partial charge on any atom is 0.247 e. The van der Waals surface area contributed by atoms with Gasteiger partial charge < -0.3 is 20.7 Å². The fraction of sp³-hybridized carbons (Fsp3) is 0.154. The van der Waals surface area contributed by atoms with Gasteiger partial charge in [0.15, 0.2) is 0 Å². The number of morpholine rings is 1. The van der Waals surface area contributed by atoms with Crippen molar-refractivity contribution in [2.75, 3.05) is 30.3 Å². The van der Waals surface area contributed by atoms with Crippen LogP contribution in [0.25, 0.3) is 22.0 Å². The maximum atomic E-state index is 11.7. The van der Waals surface area contributed by atoms with Gasteiger partial charge in [-0.15, -0.1) is 0 Å². The summed E-state index contributed by atoms with van der Waals surface area (Å²) in [7, 11) is 0. The van der Waals surface area contributed by atoms with E-state index in [0.29, 0.717) is 24.8 Å². The van der Waals surface area contributed by atoms with E-state index in [1.54, 1.807) is 12.4 Å². The summed E-state index contributed by atoms with van der Waals surface area (Å²) in [5.41, 5.74) is 4.98. The molecular weight excluding hydrogens is 428 g/mol. The van der Waals surface area contributed by atoms with Crippen molar-refractivity contribution in [2.45, 2.75) is 6.10 Å². The Bertz CT molecular complexity index is 1350. The topological polar surface area (TPSA) is 101 Å². The van der Waals surface area contributed by atoms with Gasteiger partial charge in [0.25, 0.3) is 0 Å². The molecule has 8 nitrogen and oxygen atoms in total. The van der Waals surface area contributed by atoms with Gasteiger partial charge in [-0.25, -0.2) is 9.97 Å². The number of anilines is 3. The van der Waals surface area contributed by atoms with Gasteiger partial charge in [0.2, 0.25) is 11.9 Å². The predicted molar refractivity (Wildman–Crippen MR) is 133 cm³/mol. The number of hydrogen-bond donors (Lipinski definition) is 3. The molecule has 8 heteroatoms. The molecule has 1 atom stereocenters. The van der Waals surface area contributed by atoms with Gasteiger partial charge in [0.1, 0.15) is 6.10 Å². The van der Waals surface area contributed by atoms with Crippen LogP contribution in [0.4, 0.5) is 17.3 Å². The van der Waals surface area contributed by atoms with Gasteiger partial charge in [-0.05, 0) is 35.9 Å². The largest absolute Gasteiger partial charge is 0.369 e.